The molecule has 10 heteroatoms. The molecule has 224 valence electrons. The maximum atomic E-state index is 13.2. The van der Waals surface area contributed by atoms with E-state index in [1.807, 2.05) is 57.2 Å². The number of para-hydroxylation sites is 1. The molecule has 0 fully saturated rings. The van der Waals surface area contributed by atoms with E-state index in [9.17, 15) is 9.59 Å². The van der Waals surface area contributed by atoms with Crippen molar-refractivity contribution < 1.29 is 23.8 Å². The third-order valence-corrected chi connectivity index (χ3v) is 6.71. The maximum Gasteiger partial charge on any atom is 0.407 e. The smallest absolute Gasteiger partial charge is 0.407 e. The number of unbranched alkanes of at least 4 members (excludes halogenated alkanes) is 3. The normalized spacial score (nSPS) is 12.4. The van der Waals surface area contributed by atoms with Gasteiger partial charge in [0.2, 0.25) is 11.8 Å². The van der Waals surface area contributed by atoms with Crippen LogP contribution in [-0.2, 0) is 17.8 Å². The predicted molar refractivity (Wildman–Crippen MR) is 162 cm³/mol. The van der Waals surface area contributed by atoms with Crippen LogP contribution in [0.1, 0.15) is 67.9 Å². The summed E-state index contributed by atoms with van der Waals surface area (Å²) in [6.45, 7) is 7.59. The number of fused-ring (bicyclic) bond motifs is 1. The minimum atomic E-state index is -0.506. The van der Waals surface area contributed by atoms with Gasteiger partial charge in [-0.1, -0.05) is 43.2 Å². The van der Waals surface area contributed by atoms with Gasteiger partial charge < -0.3 is 29.7 Å². The van der Waals surface area contributed by atoms with E-state index in [-0.39, 0.29) is 18.4 Å². The molecule has 1 aliphatic rings. The minimum Gasteiger partial charge on any atom is -0.497 e. The van der Waals surface area contributed by atoms with Crippen molar-refractivity contribution >= 4 is 23.6 Å². The van der Waals surface area contributed by atoms with E-state index in [0.29, 0.717) is 24.6 Å². The number of hydrogen-bond acceptors (Lipinski definition) is 8. The first-order chi connectivity index (χ1) is 20.2. The molecule has 0 radical (unpaired) electrons. The second-order valence-corrected chi connectivity index (χ2v) is 11.2. The molecule has 10 nitrogen and oxygen atoms in total. The summed E-state index contributed by atoms with van der Waals surface area (Å²) in [5.41, 5.74) is 3.02. The maximum absolute atomic E-state index is 13.2. The molecule has 2 amide bonds. The molecule has 1 aromatic heterocycles. The Labute approximate surface area is 247 Å². The van der Waals surface area contributed by atoms with Gasteiger partial charge in [-0.2, -0.15) is 4.98 Å². The van der Waals surface area contributed by atoms with Gasteiger partial charge in [0.05, 0.1) is 7.11 Å². The Morgan fingerprint density at radius 3 is 2.38 bits per heavy atom. The number of hydrogen-bond donors (Lipinski definition) is 2. The number of alkyl carbamates (subject to hydrolysis) is 1. The monoisotopic (exact) mass is 575 g/mol. The van der Waals surface area contributed by atoms with Crippen LogP contribution in [0, 0.1) is 0 Å². The molecule has 2 heterocycles. The second kappa shape index (κ2) is 14.5. The molecule has 2 N–H and O–H groups in total. The van der Waals surface area contributed by atoms with Crippen molar-refractivity contribution in [3.8, 4) is 11.6 Å². The van der Waals surface area contributed by atoms with Crippen molar-refractivity contribution in [2.24, 2.45) is 0 Å². The molecule has 0 unspecified atom stereocenters. The van der Waals surface area contributed by atoms with Gasteiger partial charge in [0.25, 0.3) is 5.91 Å². The average Bonchev–Trinajstić information content (AvgIpc) is 3.41. The molecule has 0 bridgehead atoms. The first kappa shape index (κ1) is 30.6. The summed E-state index contributed by atoms with van der Waals surface area (Å²) >= 11 is 0. The lowest BCUT2D eigenvalue weighted by Gasteiger charge is -2.19. The number of nitrogens with zero attached hydrogens (tertiary/aromatic N) is 3. The Balaban J connectivity index is 1.33. The van der Waals surface area contributed by atoms with Crippen molar-refractivity contribution in [1.82, 2.24) is 20.6 Å². The van der Waals surface area contributed by atoms with Crippen LogP contribution in [0.25, 0.3) is 0 Å². The fourth-order valence-corrected chi connectivity index (χ4v) is 4.58. The molecular weight excluding hydrogens is 534 g/mol. The lowest BCUT2D eigenvalue weighted by molar-refractivity contribution is 0.0526. The number of anilines is 2. The van der Waals surface area contributed by atoms with Crippen LogP contribution in [0.4, 0.5) is 16.4 Å². The summed E-state index contributed by atoms with van der Waals surface area (Å²) in [5, 5.41) is 5.74. The fourth-order valence-electron chi connectivity index (χ4n) is 4.58. The number of benzene rings is 2. The molecule has 42 heavy (non-hydrogen) atoms. The zero-order chi connectivity index (χ0) is 30.0. The molecule has 0 atom stereocenters. The summed E-state index contributed by atoms with van der Waals surface area (Å²) in [5.74, 6) is 1.22. The summed E-state index contributed by atoms with van der Waals surface area (Å²) < 4.78 is 16.6. The number of amides is 2. The van der Waals surface area contributed by atoms with Crippen molar-refractivity contribution in [3.63, 3.8) is 0 Å². The minimum absolute atomic E-state index is 0.242. The highest BCUT2D eigenvalue weighted by Crippen LogP contribution is 2.33. The van der Waals surface area contributed by atoms with Gasteiger partial charge in [0, 0.05) is 31.5 Å². The lowest BCUT2D eigenvalue weighted by atomic mass is 10.2. The number of aromatic nitrogens is 2. The van der Waals surface area contributed by atoms with E-state index in [1.54, 1.807) is 13.3 Å². The molecular formula is C32H41N5O5. The molecule has 3 aromatic rings. The van der Waals surface area contributed by atoms with Gasteiger partial charge in [-0.05, 0) is 69.4 Å². The van der Waals surface area contributed by atoms with Crippen LogP contribution in [0.5, 0.6) is 11.6 Å². The number of carbonyl (C=O) groups is 2. The van der Waals surface area contributed by atoms with Gasteiger partial charge >= 0.3 is 6.09 Å². The van der Waals surface area contributed by atoms with Gasteiger partial charge in [-0.3, -0.25) is 4.79 Å². The third-order valence-electron chi connectivity index (χ3n) is 6.71. The first-order valence-electron chi connectivity index (χ1n) is 14.5. The summed E-state index contributed by atoms with van der Waals surface area (Å²) in [6.07, 6.45) is 5.54. The number of methoxy groups -OCH3 is 1. The van der Waals surface area contributed by atoms with Crippen LogP contribution in [0.3, 0.4) is 0 Å². The highest BCUT2D eigenvalue weighted by Gasteiger charge is 2.24. The number of nitrogens with one attached hydrogen (secondary N) is 2. The summed E-state index contributed by atoms with van der Waals surface area (Å²) in [4.78, 5) is 36.2. The van der Waals surface area contributed by atoms with E-state index < -0.39 is 11.7 Å². The van der Waals surface area contributed by atoms with Crippen LogP contribution in [0.2, 0.25) is 0 Å². The van der Waals surface area contributed by atoms with Crippen molar-refractivity contribution in [2.45, 2.75) is 65.1 Å². The van der Waals surface area contributed by atoms with Crippen LogP contribution in [-0.4, -0.2) is 54.3 Å². The Morgan fingerprint density at radius 1 is 0.952 bits per heavy atom. The Hall–Kier alpha value is -4.34. The second-order valence-electron chi connectivity index (χ2n) is 11.2. The zero-order valence-electron chi connectivity index (χ0n) is 24.9. The van der Waals surface area contributed by atoms with Crippen molar-refractivity contribution in [3.05, 3.63) is 71.4 Å². The molecule has 0 aliphatic carbocycles. The van der Waals surface area contributed by atoms with Crippen LogP contribution >= 0.6 is 0 Å². The summed E-state index contributed by atoms with van der Waals surface area (Å²) in [6, 6.07) is 15.8. The number of rotatable bonds is 13. The predicted octanol–water partition coefficient (Wildman–Crippen LogP) is 5.57. The number of carbonyl (C=O) groups excluding carboxylic acids is 2. The standard InChI is InChI=1S/C32H41N5O5/c1-32(2,3)42-31(39)34-19-10-6-5-9-18-33-28(38)26-21-35-30(37-20-17-24-11-7-8-12-27(24)37)36-29(26)41-22-23-13-15-25(40-4)16-14-23/h7-8,11-16,21H,5-6,9-10,17-20,22H2,1-4H3,(H,33,38)(H,34,39). The molecule has 0 spiro atoms. The van der Waals surface area contributed by atoms with Crippen LogP contribution < -0.4 is 25.0 Å². The van der Waals surface area contributed by atoms with Crippen molar-refractivity contribution in [1.29, 1.82) is 0 Å². The quantitative estimate of drug-likeness (QED) is 0.254. The van der Waals surface area contributed by atoms with E-state index in [0.717, 1.165) is 55.6 Å². The van der Waals surface area contributed by atoms with Gasteiger partial charge in [0.1, 0.15) is 23.5 Å². The van der Waals surface area contributed by atoms with E-state index in [2.05, 4.69) is 32.7 Å². The Morgan fingerprint density at radius 2 is 1.67 bits per heavy atom. The lowest BCUT2D eigenvalue weighted by Crippen LogP contribution is -2.33. The third kappa shape index (κ3) is 8.83. The largest absolute Gasteiger partial charge is 0.497 e. The van der Waals surface area contributed by atoms with E-state index >= 15 is 0 Å². The Kier molecular flexibility index (Phi) is 10.6. The van der Waals surface area contributed by atoms with E-state index in [1.165, 1.54) is 5.56 Å². The number of ether oxygens (including phenoxy) is 3. The average molecular weight is 576 g/mol. The highest BCUT2D eigenvalue weighted by molar-refractivity contribution is 5.96. The SMILES string of the molecule is COc1ccc(COc2nc(N3CCc4ccccc43)ncc2C(=O)NCCCCCCNC(=O)OC(C)(C)C)cc1. The van der Waals surface area contributed by atoms with Gasteiger partial charge in [-0.15, -0.1) is 0 Å². The molecule has 1 aliphatic heterocycles. The molecule has 2 aromatic carbocycles. The summed E-state index contributed by atoms with van der Waals surface area (Å²) in [7, 11) is 1.62. The van der Waals surface area contributed by atoms with Gasteiger partial charge in [0.15, 0.2) is 0 Å². The van der Waals surface area contributed by atoms with Crippen LogP contribution in [0.15, 0.2) is 54.7 Å². The topological polar surface area (TPSA) is 115 Å². The van der Waals surface area contributed by atoms with Crippen molar-refractivity contribution in [2.75, 3.05) is 31.6 Å². The zero-order valence-corrected chi connectivity index (χ0v) is 24.9. The Bertz CT molecular complexity index is 1340. The molecule has 0 saturated carbocycles. The fraction of sp³-hybridized carbons (Fsp3) is 0.438. The highest BCUT2D eigenvalue weighted by atomic mass is 16.6. The van der Waals surface area contributed by atoms with E-state index in [4.69, 9.17) is 19.2 Å². The molecule has 4 rings (SSSR count). The molecule has 0 saturated heterocycles. The first-order valence-corrected chi connectivity index (χ1v) is 14.5. The van der Waals surface area contributed by atoms with Gasteiger partial charge in [-0.25, -0.2) is 9.78 Å².